The summed E-state index contributed by atoms with van der Waals surface area (Å²) >= 11 is 1.83. The van der Waals surface area contributed by atoms with Gasteiger partial charge in [0.1, 0.15) is 6.10 Å². The van der Waals surface area contributed by atoms with E-state index >= 15 is 0 Å². The molecule has 3 heteroatoms. The van der Waals surface area contributed by atoms with Crippen LogP contribution in [-0.4, -0.2) is 6.61 Å². The first-order valence-corrected chi connectivity index (χ1v) is 7.82. The van der Waals surface area contributed by atoms with Crippen molar-refractivity contribution >= 4 is 11.3 Å². The summed E-state index contributed by atoms with van der Waals surface area (Å²) in [5.74, 6) is 0.537. The monoisotopic (exact) mass is 277 g/mol. The summed E-state index contributed by atoms with van der Waals surface area (Å²) in [4.78, 5) is 1.45. The molecule has 0 saturated carbocycles. The molecule has 1 aromatic rings. The van der Waals surface area contributed by atoms with Crippen LogP contribution in [0, 0.1) is 5.92 Å². The van der Waals surface area contributed by atoms with Crippen LogP contribution in [0.5, 0.6) is 0 Å². The van der Waals surface area contributed by atoms with Gasteiger partial charge in [-0.15, -0.1) is 11.3 Å². The van der Waals surface area contributed by atoms with Gasteiger partial charge in [0.15, 0.2) is 0 Å². The molecule has 0 bridgehead atoms. The summed E-state index contributed by atoms with van der Waals surface area (Å²) in [6.45, 7) is 11.2. The average molecular weight is 277 g/mol. The fourth-order valence-corrected chi connectivity index (χ4v) is 3.16. The van der Waals surface area contributed by atoms with Crippen LogP contribution >= 0.6 is 11.3 Å². The standard InChI is InChI=1S/C16H23NOS/c1-5-12(4)10-14(17-11(2)3)16-13-7-9-19-15(13)6-8-18-16/h7,9-10,12,16-17H,2,5-6,8H2,1,3-4H3/b14-10-. The molecule has 0 saturated heterocycles. The Hall–Kier alpha value is -1.06. The van der Waals surface area contributed by atoms with Crippen LogP contribution in [0.15, 0.2) is 35.5 Å². The van der Waals surface area contributed by atoms with Gasteiger partial charge >= 0.3 is 0 Å². The fourth-order valence-electron chi connectivity index (χ4n) is 2.27. The summed E-state index contributed by atoms with van der Waals surface area (Å²) in [5, 5.41) is 5.55. The quantitative estimate of drug-likeness (QED) is 0.860. The molecule has 2 rings (SSSR count). The van der Waals surface area contributed by atoms with E-state index in [1.54, 1.807) is 0 Å². The van der Waals surface area contributed by atoms with E-state index in [0.29, 0.717) is 5.92 Å². The minimum absolute atomic E-state index is 0.0423. The molecule has 2 heterocycles. The molecule has 0 radical (unpaired) electrons. The largest absolute Gasteiger partial charge is 0.367 e. The van der Waals surface area contributed by atoms with Crippen LogP contribution in [0.2, 0.25) is 0 Å². The molecule has 2 unspecified atom stereocenters. The molecule has 2 nitrogen and oxygen atoms in total. The normalized spacial score (nSPS) is 20.8. The Morgan fingerprint density at radius 1 is 1.68 bits per heavy atom. The van der Waals surface area contributed by atoms with Crippen molar-refractivity contribution in [2.75, 3.05) is 6.61 Å². The molecule has 104 valence electrons. The van der Waals surface area contributed by atoms with Gasteiger partial charge in [-0.3, -0.25) is 0 Å². The lowest BCUT2D eigenvalue weighted by Crippen LogP contribution is -2.24. The zero-order valence-corrected chi connectivity index (χ0v) is 12.8. The maximum atomic E-state index is 6.01. The number of thiophene rings is 1. The maximum absolute atomic E-state index is 6.01. The zero-order chi connectivity index (χ0) is 13.8. The third kappa shape index (κ3) is 3.48. The van der Waals surface area contributed by atoms with Gasteiger partial charge in [-0.25, -0.2) is 0 Å². The lowest BCUT2D eigenvalue weighted by molar-refractivity contribution is 0.0643. The SMILES string of the molecule is C=C(C)N/C(=C\C(C)CC)C1OCCc2sccc21. The highest BCUT2D eigenvalue weighted by Gasteiger charge is 2.25. The summed E-state index contributed by atoms with van der Waals surface area (Å²) in [6.07, 6.45) is 4.49. The Labute approximate surface area is 120 Å². The molecule has 0 aromatic carbocycles. The topological polar surface area (TPSA) is 21.3 Å². The Morgan fingerprint density at radius 3 is 3.16 bits per heavy atom. The van der Waals surface area contributed by atoms with Crippen molar-refractivity contribution < 1.29 is 4.74 Å². The molecular weight excluding hydrogens is 254 g/mol. The first-order chi connectivity index (χ1) is 9.11. The average Bonchev–Trinajstić information content (AvgIpc) is 2.85. The zero-order valence-electron chi connectivity index (χ0n) is 12.0. The first-order valence-electron chi connectivity index (χ1n) is 6.94. The van der Waals surface area contributed by atoms with Crippen LogP contribution in [0.25, 0.3) is 0 Å². The Morgan fingerprint density at radius 2 is 2.47 bits per heavy atom. The number of allylic oxidation sites excluding steroid dienone is 2. The molecule has 0 aliphatic carbocycles. The van der Waals surface area contributed by atoms with E-state index in [1.165, 1.54) is 10.4 Å². The number of fused-ring (bicyclic) bond motifs is 1. The minimum Gasteiger partial charge on any atom is -0.367 e. The Kier molecular flexibility index (Phi) is 4.83. The second-order valence-electron chi connectivity index (χ2n) is 5.21. The van der Waals surface area contributed by atoms with Crippen LogP contribution in [0.4, 0.5) is 0 Å². The molecular formula is C16H23NOS. The van der Waals surface area contributed by atoms with Gasteiger partial charge in [0.2, 0.25) is 0 Å². The molecule has 1 N–H and O–H groups in total. The molecule has 0 fully saturated rings. The van der Waals surface area contributed by atoms with Crippen LogP contribution in [0.3, 0.4) is 0 Å². The third-order valence-electron chi connectivity index (χ3n) is 3.42. The van der Waals surface area contributed by atoms with Gasteiger partial charge in [-0.05, 0) is 24.3 Å². The predicted molar refractivity (Wildman–Crippen MR) is 82.2 cm³/mol. The second-order valence-corrected chi connectivity index (χ2v) is 6.21. The Bertz CT molecular complexity index is 475. The van der Waals surface area contributed by atoms with E-state index in [9.17, 15) is 0 Å². The highest BCUT2D eigenvalue weighted by molar-refractivity contribution is 7.10. The summed E-state index contributed by atoms with van der Waals surface area (Å²) < 4.78 is 6.01. The van der Waals surface area contributed by atoms with Crippen molar-refractivity contribution in [3.05, 3.63) is 45.9 Å². The van der Waals surface area contributed by atoms with E-state index in [-0.39, 0.29) is 6.10 Å². The van der Waals surface area contributed by atoms with Gasteiger partial charge in [-0.2, -0.15) is 0 Å². The van der Waals surface area contributed by atoms with Crippen molar-refractivity contribution in [2.24, 2.45) is 5.92 Å². The first kappa shape index (κ1) is 14.4. The van der Waals surface area contributed by atoms with Gasteiger partial charge in [0.05, 0.1) is 6.61 Å². The minimum atomic E-state index is 0.0423. The lowest BCUT2D eigenvalue weighted by Gasteiger charge is -2.27. The second kappa shape index (κ2) is 6.40. The van der Waals surface area contributed by atoms with Crippen molar-refractivity contribution in [3.63, 3.8) is 0 Å². The van der Waals surface area contributed by atoms with Gasteiger partial charge in [-0.1, -0.05) is 32.9 Å². The molecule has 1 aliphatic rings. The summed E-state index contributed by atoms with van der Waals surface area (Å²) in [6, 6.07) is 2.19. The van der Waals surface area contributed by atoms with Crippen LogP contribution in [-0.2, 0) is 11.2 Å². The smallest absolute Gasteiger partial charge is 0.123 e. The van der Waals surface area contributed by atoms with Crippen molar-refractivity contribution in [3.8, 4) is 0 Å². The number of nitrogens with one attached hydrogen (secondary N) is 1. The van der Waals surface area contributed by atoms with Crippen LogP contribution in [0.1, 0.15) is 43.7 Å². The number of ether oxygens (including phenoxy) is 1. The highest BCUT2D eigenvalue weighted by Crippen LogP contribution is 2.35. The molecule has 0 amide bonds. The maximum Gasteiger partial charge on any atom is 0.123 e. The third-order valence-corrected chi connectivity index (χ3v) is 4.42. The summed E-state index contributed by atoms with van der Waals surface area (Å²) in [5.41, 5.74) is 3.42. The van der Waals surface area contributed by atoms with E-state index < -0.39 is 0 Å². The van der Waals surface area contributed by atoms with Gasteiger partial charge in [0, 0.05) is 28.3 Å². The fraction of sp³-hybridized carbons (Fsp3) is 0.500. The predicted octanol–water partition coefficient (Wildman–Crippen LogP) is 4.42. The van der Waals surface area contributed by atoms with Crippen molar-refractivity contribution in [1.29, 1.82) is 0 Å². The molecule has 0 spiro atoms. The van der Waals surface area contributed by atoms with E-state index in [1.807, 2.05) is 18.3 Å². The van der Waals surface area contributed by atoms with Crippen LogP contribution < -0.4 is 5.32 Å². The Balaban J connectivity index is 2.29. The van der Waals surface area contributed by atoms with Crippen molar-refractivity contribution in [1.82, 2.24) is 5.32 Å². The van der Waals surface area contributed by atoms with E-state index in [4.69, 9.17) is 4.74 Å². The highest BCUT2D eigenvalue weighted by atomic mass is 32.1. The molecule has 1 aliphatic heterocycles. The number of hydrogen-bond acceptors (Lipinski definition) is 3. The number of hydrogen-bond donors (Lipinski definition) is 1. The van der Waals surface area contributed by atoms with E-state index in [2.05, 4.69) is 43.3 Å². The van der Waals surface area contributed by atoms with Gasteiger partial charge in [0.25, 0.3) is 0 Å². The molecule has 1 aromatic heterocycles. The lowest BCUT2D eigenvalue weighted by atomic mass is 9.99. The number of rotatable bonds is 5. The molecule has 19 heavy (non-hydrogen) atoms. The van der Waals surface area contributed by atoms with Gasteiger partial charge < -0.3 is 10.1 Å². The van der Waals surface area contributed by atoms with Crippen molar-refractivity contribution in [2.45, 2.75) is 39.7 Å². The van der Waals surface area contributed by atoms with E-state index in [0.717, 1.165) is 30.8 Å². The molecule has 2 atom stereocenters. The summed E-state index contributed by atoms with van der Waals surface area (Å²) in [7, 11) is 0.